The van der Waals surface area contributed by atoms with Gasteiger partial charge in [0.2, 0.25) is 5.91 Å². The predicted octanol–water partition coefficient (Wildman–Crippen LogP) is 2.59. The average Bonchev–Trinajstić information content (AvgIpc) is 3.03. The Hall–Kier alpha value is -2.36. The monoisotopic (exact) mass is 416 g/mol. The summed E-state index contributed by atoms with van der Waals surface area (Å²) >= 11 is 0. The summed E-state index contributed by atoms with van der Waals surface area (Å²) in [4.78, 5) is 30.3. The maximum atomic E-state index is 12.4. The van der Waals surface area contributed by atoms with Crippen LogP contribution in [-0.2, 0) is 23.2 Å². The number of nitrogens with zero attached hydrogens (tertiary/aromatic N) is 4. The van der Waals surface area contributed by atoms with E-state index in [9.17, 15) is 18.0 Å². The van der Waals surface area contributed by atoms with Crippen LogP contribution < -0.4 is 0 Å². The van der Waals surface area contributed by atoms with Crippen molar-refractivity contribution < 1.29 is 27.9 Å². The van der Waals surface area contributed by atoms with Crippen LogP contribution in [0.2, 0.25) is 0 Å². The van der Waals surface area contributed by atoms with E-state index in [4.69, 9.17) is 9.90 Å². The highest BCUT2D eigenvalue weighted by atomic mass is 19.4. The lowest BCUT2D eigenvalue weighted by molar-refractivity contribution is -0.192. The van der Waals surface area contributed by atoms with Gasteiger partial charge in [0.1, 0.15) is 5.82 Å². The van der Waals surface area contributed by atoms with E-state index in [0.717, 1.165) is 51.1 Å². The molecule has 1 N–H and O–H groups in total. The molecule has 29 heavy (non-hydrogen) atoms. The Bertz CT molecular complexity index is 731. The van der Waals surface area contributed by atoms with Gasteiger partial charge in [0.25, 0.3) is 0 Å². The molecule has 0 radical (unpaired) electrons. The maximum Gasteiger partial charge on any atom is 0.490 e. The number of piperidine rings is 2. The van der Waals surface area contributed by atoms with Crippen molar-refractivity contribution in [2.24, 2.45) is 7.05 Å². The van der Waals surface area contributed by atoms with Gasteiger partial charge in [-0.05, 0) is 32.2 Å². The summed E-state index contributed by atoms with van der Waals surface area (Å²) in [5.74, 6) is -1.37. The van der Waals surface area contributed by atoms with Gasteiger partial charge in [-0.25, -0.2) is 9.78 Å². The quantitative estimate of drug-likeness (QED) is 0.764. The van der Waals surface area contributed by atoms with Gasteiger partial charge >= 0.3 is 12.1 Å². The van der Waals surface area contributed by atoms with Crippen LogP contribution in [0.5, 0.6) is 0 Å². The number of alkyl halides is 3. The topological polar surface area (TPSA) is 78.7 Å². The molecule has 0 aliphatic carbocycles. The number of carboxylic acids is 1. The molecule has 3 heterocycles. The van der Waals surface area contributed by atoms with Gasteiger partial charge < -0.3 is 14.6 Å². The lowest BCUT2D eigenvalue weighted by Crippen LogP contribution is -2.62. The number of carbonyl (C=O) groups excluding carboxylic acids is 1. The molecule has 1 amide bonds. The zero-order valence-electron chi connectivity index (χ0n) is 16.5. The van der Waals surface area contributed by atoms with Gasteiger partial charge in [-0.15, -0.1) is 6.58 Å². The van der Waals surface area contributed by atoms with E-state index in [1.807, 2.05) is 25.5 Å². The number of amides is 1. The largest absolute Gasteiger partial charge is 0.490 e. The molecule has 7 nitrogen and oxygen atoms in total. The Labute approximate surface area is 167 Å². The fraction of sp³-hybridized carbons (Fsp3) is 0.632. The number of aryl methyl sites for hydroxylation is 1. The van der Waals surface area contributed by atoms with E-state index in [-0.39, 0.29) is 5.54 Å². The van der Waals surface area contributed by atoms with Gasteiger partial charge in [-0.2, -0.15) is 13.2 Å². The van der Waals surface area contributed by atoms with Gasteiger partial charge in [-0.1, -0.05) is 6.08 Å². The number of hydrogen-bond acceptors (Lipinski definition) is 4. The molecular weight excluding hydrogens is 389 g/mol. The second-order valence-electron chi connectivity index (χ2n) is 7.44. The summed E-state index contributed by atoms with van der Waals surface area (Å²) < 4.78 is 33.8. The van der Waals surface area contributed by atoms with Crippen molar-refractivity contribution in [2.75, 3.05) is 19.6 Å². The summed E-state index contributed by atoms with van der Waals surface area (Å²) in [6.07, 6.45) is 5.70. The van der Waals surface area contributed by atoms with Gasteiger partial charge in [-0.3, -0.25) is 9.69 Å². The second kappa shape index (κ2) is 9.43. The highest BCUT2D eigenvalue weighted by Crippen LogP contribution is 2.37. The summed E-state index contributed by atoms with van der Waals surface area (Å²) in [6.45, 7) is 7.42. The van der Waals surface area contributed by atoms with E-state index < -0.39 is 12.1 Å². The highest BCUT2D eigenvalue weighted by Gasteiger charge is 2.44. The molecule has 2 fully saturated rings. The third-order valence-electron chi connectivity index (χ3n) is 5.38. The van der Waals surface area contributed by atoms with Crippen molar-refractivity contribution in [3.63, 3.8) is 0 Å². The summed E-state index contributed by atoms with van der Waals surface area (Å²) in [5.41, 5.74) is 0.00688. The van der Waals surface area contributed by atoms with Crippen LogP contribution in [0.4, 0.5) is 13.2 Å². The third kappa shape index (κ3) is 5.81. The molecule has 0 aromatic carbocycles. The number of rotatable bonds is 4. The Morgan fingerprint density at radius 1 is 1.38 bits per heavy atom. The number of imidazole rings is 1. The summed E-state index contributed by atoms with van der Waals surface area (Å²) in [7, 11) is 2.04. The van der Waals surface area contributed by atoms with Gasteiger partial charge in [0, 0.05) is 39.0 Å². The third-order valence-corrected chi connectivity index (χ3v) is 5.38. The summed E-state index contributed by atoms with van der Waals surface area (Å²) in [5, 5.41) is 7.12. The lowest BCUT2D eigenvalue weighted by Gasteiger charge is -2.52. The second-order valence-corrected chi connectivity index (χ2v) is 7.44. The molecule has 1 aromatic heterocycles. The predicted molar refractivity (Wildman–Crippen MR) is 99.9 cm³/mol. The number of aliphatic carboxylic acids is 1. The van der Waals surface area contributed by atoms with E-state index in [1.165, 1.54) is 0 Å². The first-order valence-electron chi connectivity index (χ1n) is 9.49. The Kier molecular flexibility index (Phi) is 7.45. The fourth-order valence-corrected chi connectivity index (χ4v) is 4.04. The van der Waals surface area contributed by atoms with E-state index in [1.54, 1.807) is 0 Å². The standard InChI is InChI=1S/C17H26N4O.C2HF3O2/c1-3-10-21-16(22)6-4-7-17(21)8-5-11-20(14-17)13-15-18-9-12-19(15)2;3-2(4,5)1(6)7/h3,9,12H,1,4-8,10-11,13-14H2,2H3;(H,6,7). The minimum Gasteiger partial charge on any atom is -0.475 e. The average molecular weight is 416 g/mol. The van der Waals surface area contributed by atoms with Crippen LogP contribution in [-0.4, -0.2) is 67.7 Å². The van der Waals surface area contributed by atoms with Crippen LogP contribution >= 0.6 is 0 Å². The fourth-order valence-electron chi connectivity index (χ4n) is 4.04. The zero-order chi connectivity index (χ0) is 21.7. The van der Waals surface area contributed by atoms with Crippen molar-refractivity contribution in [1.29, 1.82) is 0 Å². The molecule has 2 aliphatic rings. The molecule has 0 bridgehead atoms. The molecule has 3 rings (SSSR count). The van der Waals surface area contributed by atoms with E-state index in [0.29, 0.717) is 18.9 Å². The van der Waals surface area contributed by atoms with Crippen molar-refractivity contribution in [3.05, 3.63) is 30.9 Å². The normalized spacial score (nSPS) is 22.9. The number of likely N-dealkylation sites (tertiary alicyclic amines) is 2. The number of hydrogen-bond donors (Lipinski definition) is 1. The molecule has 1 unspecified atom stereocenters. The molecule has 2 saturated heterocycles. The van der Waals surface area contributed by atoms with Crippen LogP contribution in [0.3, 0.4) is 0 Å². The Morgan fingerprint density at radius 2 is 2.03 bits per heavy atom. The molecule has 0 saturated carbocycles. The zero-order valence-corrected chi connectivity index (χ0v) is 16.5. The van der Waals surface area contributed by atoms with Crippen molar-refractivity contribution in [2.45, 2.75) is 50.4 Å². The first-order chi connectivity index (χ1) is 13.6. The first kappa shape index (κ1) is 22.9. The number of halogens is 3. The minimum absolute atomic E-state index is 0.00688. The van der Waals surface area contributed by atoms with Crippen molar-refractivity contribution in [1.82, 2.24) is 19.4 Å². The molecule has 10 heteroatoms. The maximum absolute atomic E-state index is 12.4. The van der Waals surface area contributed by atoms with Crippen LogP contribution in [0.1, 0.15) is 37.9 Å². The number of aromatic nitrogens is 2. The smallest absolute Gasteiger partial charge is 0.475 e. The molecule has 1 spiro atoms. The van der Waals surface area contributed by atoms with Crippen LogP contribution in [0.25, 0.3) is 0 Å². The highest BCUT2D eigenvalue weighted by molar-refractivity contribution is 5.78. The van der Waals surface area contributed by atoms with Crippen molar-refractivity contribution >= 4 is 11.9 Å². The Morgan fingerprint density at radius 3 is 2.59 bits per heavy atom. The van der Waals surface area contributed by atoms with Crippen molar-refractivity contribution in [3.8, 4) is 0 Å². The van der Waals surface area contributed by atoms with Gasteiger partial charge in [0.05, 0.1) is 12.1 Å². The Balaban J connectivity index is 0.000000370. The van der Waals surface area contributed by atoms with Gasteiger partial charge in [0.15, 0.2) is 0 Å². The molecule has 162 valence electrons. The number of carboxylic acid groups (broad SMARTS) is 1. The molecule has 1 atom stereocenters. The summed E-state index contributed by atoms with van der Waals surface area (Å²) in [6, 6.07) is 0. The minimum atomic E-state index is -5.08. The van der Waals surface area contributed by atoms with Crippen LogP contribution in [0, 0.1) is 0 Å². The molecular formula is C19H27F3N4O3. The van der Waals surface area contributed by atoms with Crippen LogP contribution in [0.15, 0.2) is 25.0 Å². The molecule has 2 aliphatic heterocycles. The molecule has 1 aromatic rings. The SMILES string of the molecule is C=CCN1C(=O)CCCC12CCCN(Cc1nccn1C)C2.O=C(O)C(F)(F)F. The first-order valence-corrected chi connectivity index (χ1v) is 9.49. The lowest BCUT2D eigenvalue weighted by atomic mass is 9.79. The van der Waals surface area contributed by atoms with E-state index in [2.05, 4.69) is 25.9 Å². The van der Waals surface area contributed by atoms with E-state index >= 15 is 0 Å². The number of carbonyl (C=O) groups is 2.